The fourth-order valence-corrected chi connectivity index (χ4v) is 3.06. The summed E-state index contributed by atoms with van der Waals surface area (Å²) in [7, 11) is 0. The van der Waals surface area contributed by atoms with Gasteiger partial charge in [-0.1, -0.05) is 32.6 Å². The van der Waals surface area contributed by atoms with Crippen molar-refractivity contribution in [3.05, 3.63) is 11.6 Å². The van der Waals surface area contributed by atoms with Crippen molar-refractivity contribution in [1.29, 1.82) is 0 Å². The lowest BCUT2D eigenvalue weighted by Crippen LogP contribution is -2.20. The van der Waals surface area contributed by atoms with Gasteiger partial charge in [0.15, 0.2) is 0 Å². The number of ether oxygens (including phenoxy) is 3. The monoisotopic (exact) mass is 402 g/mol. The third-order valence-electron chi connectivity index (χ3n) is 4.65. The van der Waals surface area contributed by atoms with E-state index in [1.165, 1.54) is 0 Å². The molecule has 0 radical (unpaired) electrons. The van der Waals surface area contributed by atoms with Gasteiger partial charge in [-0.3, -0.25) is 0 Å². The van der Waals surface area contributed by atoms with Gasteiger partial charge in [-0.25, -0.2) is 4.79 Å². The normalized spacial score (nSPS) is 20.0. The van der Waals surface area contributed by atoms with Gasteiger partial charge in [-0.15, -0.1) is 0 Å². The summed E-state index contributed by atoms with van der Waals surface area (Å²) < 4.78 is 15.7. The first-order valence-electron chi connectivity index (χ1n) is 10.5. The molecular formula is C21H38O7. The van der Waals surface area contributed by atoms with Gasteiger partial charge in [0.2, 0.25) is 0 Å². The Balaban J connectivity index is 1.94. The number of hydrogen-bond acceptors (Lipinski definition) is 7. The van der Waals surface area contributed by atoms with Crippen LogP contribution in [-0.2, 0) is 19.0 Å². The molecule has 0 amide bonds. The van der Waals surface area contributed by atoms with Gasteiger partial charge in [-0.2, -0.15) is 0 Å². The largest absolute Gasteiger partial charge is 0.455 e. The molecule has 1 aliphatic rings. The van der Waals surface area contributed by atoms with Gasteiger partial charge in [-0.05, 0) is 32.3 Å². The van der Waals surface area contributed by atoms with E-state index >= 15 is 0 Å². The molecule has 1 rings (SSSR count). The maximum Gasteiger partial charge on any atom is 0.334 e. The molecule has 0 saturated heterocycles. The second-order valence-electron chi connectivity index (χ2n) is 7.54. The number of aliphatic hydroxyl groups is 3. The van der Waals surface area contributed by atoms with E-state index in [1.54, 1.807) is 13.0 Å². The first-order chi connectivity index (χ1) is 13.4. The number of carbonyl (C=O) groups is 1. The molecule has 0 unspecified atom stereocenters. The standard InChI is InChI=1S/C21H38O7/c1-3-4-7-19(23)14-26-10-11-27-15-20(24)9-6-5-8-18(22)13-17-12-16(2)28-21(17)25/h12,16,18-20,22-24H,3-11,13-15H2,1-2H3/t16-,18+,19-,20-/m0/s1. The fourth-order valence-electron chi connectivity index (χ4n) is 3.06. The molecule has 164 valence electrons. The van der Waals surface area contributed by atoms with E-state index in [2.05, 4.69) is 6.92 Å². The van der Waals surface area contributed by atoms with Crippen LogP contribution in [0.5, 0.6) is 0 Å². The Morgan fingerprint density at radius 3 is 2.00 bits per heavy atom. The van der Waals surface area contributed by atoms with Crippen molar-refractivity contribution in [1.82, 2.24) is 0 Å². The van der Waals surface area contributed by atoms with Gasteiger partial charge in [0, 0.05) is 12.0 Å². The van der Waals surface area contributed by atoms with E-state index in [-0.39, 0.29) is 18.7 Å². The Bertz CT molecular complexity index is 452. The number of esters is 1. The lowest BCUT2D eigenvalue weighted by molar-refractivity contribution is -0.139. The molecule has 1 aliphatic heterocycles. The number of carbonyl (C=O) groups excluding carboxylic acids is 1. The molecule has 28 heavy (non-hydrogen) atoms. The van der Waals surface area contributed by atoms with E-state index in [4.69, 9.17) is 14.2 Å². The molecule has 0 saturated carbocycles. The molecule has 3 N–H and O–H groups in total. The summed E-state index contributed by atoms with van der Waals surface area (Å²) in [6.45, 7) is 5.24. The fraction of sp³-hybridized carbons (Fsp3) is 0.857. The summed E-state index contributed by atoms with van der Waals surface area (Å²) in [5.74, 6) is -0.335. The average molecular weight is 403 g/mol. The number of rotatable bonds is 17. The van der Waals surface area contributed by atoms with E-state index in [0.717, 1.165) is 32.1 Å². The smallest absolute Gasteiger partial charge is 0.334 e. The zero-order valence-electron chi connectivity index (χ0n) is 17.3. The lowest BCUT2D eigenvalue weighted by Gasteiger charge is -2.14. The van der Waals surface area contributed by atoms with Crippen LogP contribution in [0, 0.1) is 0 Å². The van der Waals surface area contributed by atoms with Crippen LogP contribution in [0.2, 0.25) is 0 Å². The molecule has 0 aromatic rings. The van der Waals surface area contributed by atoms with E-state index in [9.17, 15) is 20.1 Å². The van der Waals surface area contributed by atoms with Crippen molar-refractivity contribution in [2.45, 2.75) is 89.6 Å². The first kappa shape index (κ1) is 25.0. The van der Waals surface area contributed by atoms with Crippen LogP contribution in [0.25, 0.3) is 0 Å². The molecule has 0 spiro atoms. The lowest BCUT2D eigenvalue weighted by atomic mass is 10.0. The Labute approximate surface area is 168 Å². The highest BCUT2D eigenvalue weighted by atomic mass is 16.5. The summed E-state index contributed by atoms with van der Waals surface area (Å²) in [5, 5.41) is 29.6. The Hall–Kier alpha value is -0.990. The summed E-state index contributed by atoms with van der Waals surface area (Å²) in [6.07, 6.45) is 5.89. The van der Waals surface area contributed by atoms with Gasteiger partial charge in [0.1, 0.15) is 6.10 Å². The minimum absolute atomic E-state index is 0.207. The summed E-state index contributed by atoms with van der Waals surface area (Å²) >= 11 is 0. The molecule has 4 atom stereocenters. The maximum absolute atomic E-state index is 11.5. The van der Waals surface area contributed by atoms with Gasteiger partial charge in [0.05, 0.1) is 44.7 Å². The second-order valence-corrected chi connectivity index (χ2v) is 7.54. The molecule has 7 heteroatoms. The van der Waals surface area contributed by atoms with Crippen LogP contribution in [-0.4, -0.2) is 72.1 Å². The van der Waals surface area contributed by atoms with Gasteiger partial charge < -0.3 is 29.5 Å². The number of cyclic esters (lactones) is 1. The molecule has 0 aromatic heterocycles. The van der Waals surface area contributed by atoms with Crippen LogP contribution >= 0.6 is 0 Å². The SMILES string of the molecule is CCCC[C@H](O)COCCOC[C@@H](O)CCCC[C@@H](O)CC1=C[C@H](C)OC1=O. The summed E-state index contributed by atoms with van der Waals surface area (Å²) in [4.78, 5) is 11.5. The van der Waals surface area contributed by atoms with E-state index in [1.807, 2.05) is 0 Å². The highest BCUT2D eigenvalue weighted by molar-refractivity contribution is 5.90. The summed E-state index contributed by atoms with van der Waals surface area (Å²) in [6, 6.07) is 0. The third kappa shape index (κ3) is 11.8. The number of unbranched alkanes of at least 4 members (excludes halogenated alkanes) is 2. The minimum atomic E-state index is -0.567. The van der Waals surface area contributed by atoms with Crippen LogP contribution < -0.4 is 0 Å². The minimum Gasteiger partial charge on any atom is -0.455 e. The van der Waals surface area contributed by atoms with Crippen LogP contribution in [0.15, 0.2) is 11.6 Å². The first-order valence-corrected chi connectivity index (χ1v) is 10.5. The summed E-state index contributed by atoms with van der Waals surface area (Å²) in [5.41, 5.74) is 0.550. The zero-order valence-corrected chi connectivity index (χ0v) is 17.3. The van der Waals surface area contributed by atoms with Crippen LogP contribution in [0.4, 0.5) is 0 Å². The molecule has 0 bridgehead atoms. The van der Waals surface area contributed by atoms with Crippen molar-refractivity contribution >= 4 is 5.97 Å². The molecule has 0 fully saturated rings. The predicted octanol–water partition coefficient (Wildman–Crippen LogP) is 2.11. The molecule has 7 nitrogen and oxygen atoms in total. The highest BCUT2D eigenvalue weighted by Gasteiger charge is 2.24. The third-order valence-corrected chi connectivity index (χ3v) is 4.65. The molecule has 0 aliphatic carbocycles. The van der Waals surface area contributed by atoms with Crippen molar-refractivity contribution in [2.24, 2.45) is 0 Å². The molecule has 0 aromatic carbocycles. The average Bonchev–Trinajstić information content (AvgIpc) is 2.96. The maximum atomic E-state index is 11.5. The number of hydrogen-bond donors (Lipinski definition) is 3. The van der Waals surface area contributed by atoms with Crippen molar-refractivity contribution in [3.63, 3.8) is 0 Å². The molecule has 1 heterocycles. The van der Waals surface area contributed by atoms with E-state index in [0.29, 0.717) is 44.7 Å². The Morgan fingerprint density at radius 1 is 0.964 bits per heavy atom. The van der Waals surface area contributed by atoms with Crippen molar-refractivity contribution < 1.29 is 34.3 Å². The van der Waals surface area contributed by atoms with E-state index < -0.39 is 18.3 Å². The van der Waals surface area contributed by atoms with Gasteiger partial charge in [0.25, 0.3) is 0 Å². The Kier molecular flexibility index (Phi) is 13.4. The van der Waals surface area contributed by atoms with Crippen LogP contribution in [0.1, 0.15) is 65.2 Å². The topological polar surface area (TPSA) is 105 Å². The zero-order chi connectivity index (χ0) is 20.8. The predicted molar refractivity (Wildman–Crippen MR) is 106 cm³/mol. The highest BCUT2D eigenvalue weighted by Crippen LogP contribution is 2.20. The van der Waals surface area contributed by atoms with Gasteiger partial charge >= 0.3 is 5.97 Å². The van der Waals surface area contributed by atoms with Crippen LogP contribution in [0.3, 0.4) is 0 Å². The number of aliphatic hydroxyl groups excluding tert-OH is 3. The molecular weight excluding hydrogens is 364 g/mol. The Morgan fingerprint density at radius 2 is 1.50 bits per heavy atom. The van der Waals surface area contributed by atoms with Crippen molar-refractivity contribution in [3.8, 4) is 0 Å². The second kappa shape index (κ2) is 14.9. The van der Waals surface area contributed by atoms with Crippen molar-refractivity contribution in [2.75, 3.05) is 26.4 Å². The quantitative estimate of drug-likeness (QED) is 0.253.